The summed E-state index contributed by atoms with van der Waals surface area (Å²) >= 11 is 0. The largest absolute Gasteiger partial charge is 0.455 e. The Kier molecular flexibility index (Phi) is 7.91. The van der Waals surface area contributed by atoms with Crippen molar-refractivity contribution in [1.82, 2.24) is 9.13 Å². The first-order valence-corrected chi connectivity index (χ1v) is 21.6. The third kappa shape index (κ3) is 5.60. The van der Waals surface area contributed by atoms with E-state index in [0.29, 0.717) is 0 Å². The highest BCUT2D eigenvalue weighted by Crippen LogP contribution is 2.46. The van der Waals surface area contributed by atoms with Crippen LogP contribution in [0.1, 0.15) is 0 Å². The van der Waals surface area contributed by atoms with Gasteiger partial charge in [0.15, 0.2) is 0 Å². The van der Waals surface area contributed by atoms with Gasteiger partial charge in [0, 0.05) is 32.9 Å². The van der Waals surface area contributed by atoms with Crippen LogP contribution in [0.25, 0.3) is 121 Å². The van der Waals surface area contributed by atoms with Gasteiger partial charge in [-0.25, -0.2) is 0 Å². The molecule has 3 heteroatoms. The number of benzene rings is 10. The van der Waals surface area contributed by atoms with E-state index in [1.165, 1.54) is 44.5 Å². The van der Waals surface area contributed by atoms with Crippen molar-refractivity contribution in [2.45, 2.75) is 0 Å². The molecule has 10 aromatic carbocycles. The minimum atomic E-state index is 0.900. The molecular weight excluding hydrogens is 765 g/mol. The second-order valence-electron chi connectivity index (χ2n) is 16.5. The highest BCUT2D eigenvalue weighted by atomic mass is 16.3. The lowest BCUT2D eigenvalue weighted by molar-refractivity contribution is 0.677. The van der Waals surface area contributed by atoms with E-state index in [0.717, 1.165) is 76.9 Å². The minimum Gasteiger partial charge on any atom is -0.455 e. The molecule has 0 bridgehead atoms. The Labute approximate surface area is 363 Å². The van der Waals surface area contributed by atoms with Crippen LogP contribution >= 0.6 is 0 Å². The lowest BCUT2D eigenvalue weighted by atomic mass is 10.0. The predicted octanol–water partition coefficient (Wildman–Crippen LogP) is 16.4. The fourth-order valence-corrected chi connectivity index (χ4v) is 9.94. The maximum atomic E-state index is 7.41. The Morgan fingerprint density at radius 1 is 0.238 bits per heavy atom. The fourth-order valence-electron chi connectivity index (χ4n) is 9.94. The van der Waals surface area contributed by atoms with Crippen LogP contribution in [0.2, 0.25) is 0 Å². The molecule has 63 heavy (non-hydrogen) atoms. The molecule has 3 heterocycles. The third-order valence-electron chi connectivity index (χ3n) is 12.9. The van der Waals surface area contributed by atoms with Crippen molar-refractivity contribution < 1.29 is 4.42 Å². The van der Waals surface area contributed by atoms with Crippen molar-refractivity contribution in [3.8, 4) is 55.9 Å². The number of hydrogen-bond acceptors (Lipinski definition) is 1. The van der Waals surface area contributed by atoms with Gasteiger partial charge in [0.25, 0.3) is 0 Å². The summed E-state index contributed by atoms with van der Waals surface area (Å²) in [6.07, 6.45) is 0. The Bertz CT molecular complexity index is 3590. The Hall–Kier alpha value is -8.40. The van der Waals surface area contributed by atoms with E-state index in [2.05, 4.69) is 240 Å². The van der Waals surface area contributed by atoms with Crippen molar-refractivity contribution in [2.24, 2.45) is 0 Å². The molecule has 0 spiro atoms. The van der Waals surface area contributed by atoms with E-state index in [1.807, 2.05) is 0 Å². The van der Waals surface area contributed by atoms with Gasteiger partial charge in [-0.2, -0.15) is 0 Å². The predicted molar refractivity (Wildman–Crippen MR) is 264 cm³/mol. The number of aromatic nitrogens is 2. The average molecular weight is 803 g/mol. The molecule has 294 valence electrons. The molecule has 0 radical (unpaired) electrons. The summed E-state index contributed by atoms with van der Waals surface area (Å²) in [6, 6.07) is 83.2. The lowest BCUT2D eigenvalue weighted by Gasteiger charge is -2.10. The molecule has 13 rings (SSSR count). The summed E-state index contributed by atoms with van der Waals surface area (Å²) < 4.78 is 12.2. The summed E-state index contributed by atoms with van der Waals surface area (Å²) in [5, 5.41) is 6.76. The Morgan fingerprint density at radius 2 is 0.540 bits per heavy atom. The molecule has 0 unspecified atom stereocenters. The molecule has 0 aliphatic carbocycles. The van der Waals surface area contributed by atoms with Crippen molar-refractivity contribution in [3.63, 3.8) is 0 Å². The highest BCUT2D eigenvalue weighted by molar-refractivity contribution is 6.29. The van der Waals surface area contributed by atoms with Gasteiger partial charge in [-0.15, -0.1) is 0 Å². The SMILES string of the molecule is c1ccc(-c2ccc(-n3c4ccc(-c5ccccc5)cc4c4c5oc6c(ccc7c6c6cc(-c8ccccc8)ccc6n7-c6ccc(-c7ccccc7)cc6)c5ccc43)cc2)cc1. The third-order valence-corrected chi connectivity index (χ3v) is 12.9. The first-order valence-electron chi connectivity index (χ1n) is 21.6. The van der Waals surface area contributed by atoms with Crippen LogP contribution in [-0.4, -0.2) is 9.13 Å². The summed E-state index contributed by atoms with van der Waals surface area (Å²) in [7, 11) is 0. The minimum absolute atomic E-state index is 0.900. The molecule has 0 atom stereocenters. The molecule has 3 aromatic heterocycles. The smallest absolute Gasteiger partial charge is 0.145 e. The molecule has 3 nitrogen and oxygen atoms in total. The Morgan fingerprint density at radius 3 is 0.905 bits per heavy atom. The van der Waals surface area contributed by atoms with Crippen molar-refractivity contribution in [1.29, 1.82) is 0 Å². The fraction of sp³-hybridized carbons (Fsp3) is 0. The van der Waals surface area contributed by atoms with Gasteiger partial charge in [-0.05, 0) is 117 Å². The first-order chi connectivity index (χ1) is 31.2. The van der Waals surface area contributed by atoms with Gasteiger partial charge < -0.3 is 13.6 Å². The number of nitrogens with zero attached hydrogens (tertiary/aromatic N) is 2. The zero-order valence-electron chi connectivity index (χ0n) is 34.2. The van der Waals surface area contributed by atoms with Gasteiger partial charge in [-0.1, -0.05) is 158 Å². The maximum absolute atomic E-state index is 7.41. The molecular formula is C60H38N2O. The van der Waals surface area contributed by atoms with E-state index in [-0.39, 0.29) is 0 Å². The standard InChI is InChI=1S/C60H38N2O/c1-5-13-39(14-6-1)43-21-27-47(28-22-43)61-53-33-25-45(41-17-9-3-10-18-41)37-51(53)57-55(61)35-31-49-50-32-36-56-58(60(50)63-59(49)57)52-38-46(42-19-11-4-12-20-42)26-34-54(52)62(56)48-29-23-44(24-30-48)40-15-7-2-8-16-40/h1-38H. The zero-order chi connectivity index (χ0) is 41.4. The summed E-state index contributed by atoms with van der Waals surface area (Å²) in [5.74, 6) is 0. The molecule has 0 saturated heterocycles. The maximum Gasteiger partial charge on any atom is 0.145 e. The Balaban J connectivity index is 1.09. The zero-order valence-corrected chi connectivity index (χ0v) is 34.2. The first kappa shape index (κ1) is 35.4. The van der Waals surface area contributed by atoms with Crippen LogP contribution in [0.4, 0.5) is 0 Å². The van der Waals surface area contributed by atoms with Crippen LogP contribution in [-0.2, 0) is 0 Å². The van der Waals surface area contributed by atoms with Crippen LogP contribution in [0.5, 0.6) is 0 Å². The second-order valence-corrected chi connectivity index (χ2v) is 16.5. The molecule has 0 N–H and O–H groups in total. The number of fused-ring (bicyclic) bond motifs is 11. The van der Waals surface area contributed by atoms with E-state index < -0.39 is 0 Å². The van der Waals surface area contributed by atoms with E-state index >= 15 is 0 Å². The lowest BCUT2D eigenvalue weighted by Crippen LogP contribution is -1.94. The van der Waals surface area contributed by atoms with Gasteiger partial charge >= 0.3 is 0 Å². The number of rotatable bonds is 6. The van der Waals surface area contributed by atoms with E-state index in [1.54, 1.807) is 0 Å². The molecule has 0 aliphatic heterocycles. The summed E-state index contributed by atoms with van der Waals surface area (Å²) in [5.41, 5.74) is 18.0. The molecule has 0 saturated carbocycles. The molecule has 13 aromatic rings. The van der Waals surface area contributed by atoms with Crippen molar-refractivity contribution in [3.05, 3.63) is 231 Å². The van der Waals surface area contributed by atoms with Crippen molar-refractivity contribution >= 4 is 65.6 Å². The molecule has 0 fully saturated rings. The van der Waals surface area contributed by atoms with Crippen molar-refractivity contribution in [2.75, 3.05) is 0 Å². The van der Waals surface area contributed by atoms with Gasteiger partial charge in [0.2, 0.25) is 0 Å². The van der Waals surface area contributed by atoms with Gasteiger partial charge in [0.05, 0.1) is 32.8 Å². The summed E-state index contributed by atoms with van der Waals surface area (Å²) in [4.78, 5) is 0. The number of hydrogen-bond donors (Lipinski definition) is 0. The van der Waals surface area contributed by atoms with Crippen LogP contribution in [0.15, 0.2) is 235 Å². The molecule has 0 aliphatic rings. The van der Waals surface area contributed by atoms with E-state index in [9.17, 15) is 0 Å². The monoisotopic (exact) mass is 802 g/mol. The quantitative estimate of drug-likeness (QED) is 0.164. The number of furan rings is 1. The highest BCUT2D eigenvalue weighted by Gasteiger charge is 2.23. The van der Waals surface area contributed by atoms with Crippen LogP contribution in [0.3, 0.4) is 0 Å². The van der Waals surface area contributed by atoms with Gasteiger partial charge in [0.1, 0.15) is 11.2 Å². The van der Waals surface area contributed by atoms with Gasteiger partial charge in [-0.3, -0.25) is 0 Å². The van der Waals surface area contributed by atoms with Crippen LogP contribution in [0, 0.1) is 0 Å². The second kappa shape index (κ2) is 14.1. The van der Waals surface area contributed by atoms with E-state index in [4.69, 9.17) is 4.42 Å². The summed E-state index contributed by atoms with van der Waals surface area (Å²) in [6.45, 7) is 0. The topological polar surface area (TPSA) is 23.0 Å². The van der Waals surface area contributed by atoms with Crippen LogP contribution < -0.4 is 0 Å². The normalized spacial score (nSPS) is 11.8. The molecule has 0 amide bonds. The average Bonchev–Trinajstić information content (AvgIpc) is 4.02.